The summed E-state index contributed by atoms with van der Waals surface area (Å²) in [5.74, 6) is -0.569. The van der Waals surface area contributed by atoms with Gasteiger partial charge in [-0.25, -0.2) is 4.98 Å². The number of pyridine rings is 1. The van der Waals surface area contributed by atoms with E-state index in [0.29, 0.717) is 17.1 Å². The molecule has 0 aliphatic heterocycles. The van der Waals surface area contributed by atoms with E-state index in [1.54, 1.807) is 20.0 Å². The van der Waals surface area contributed by atoms with Gasteiger partial charge < -0.3 is 10.1 Å². The monoisotopic (exact) mass is 314 g/mol. The Labute approximate surface area is 123 Å². The van der Waals surface area contributed by atoms with E-state index in [1.165, 1.54) is 23.0 Å². The van der Waals surface area contributed by atoms with Crippen LogP contribution in [0.1, 0.15) is 16.2 Å². The first-order valence-corrected chi connectivity index (χ1v) is 6.22. The van der Waals surface area contributed by atoms with Gasteiger partial charge in [-0.3, -0.25) is 9.48 Å². The van der Waals surface area contributed by atoms with E-state index in [1.807, 2.05) is 0 Å². The lowest BCUT2D eigenvalue weighted by Gasteiger charge is -2.09. The Morgan fingerprint density at radius 2 is 2.14 bits per heavy atom. The number of carbonyl (C=O) groups excluding carboxylic acids is 1. The minimum atomic E-state index is -4.42. The summed E-state index contributed by atoms with van der Waals surface area (Å²) in [6.07, 6.45) is -3.21. The van der Waals surface area contributed by atoms with Crippen molar-refractivity contribution < 1.29 is 22.7 Å². The van der Waals surface area contributed by atoms with Crippen molar-refractivity contribution in [3.8, 4) is 5.88 Å². The molecule has 22 heavy (non-hydrogen) atoms. The summed E-state index contributed by atoms with van der Waals surface area (Å²) in [7, 11) is 1.63. The Bertz CT molecular complexity index is 665. The molecule has 0 aliphatic rings. The van der Waals surface area contributed by atoms with Crippen LogP contribution in [0.25, 0.3) is 0 Å². The number of rotatable bonds is 4. The van der Waals surface area contributed by atoms with Crippen molar-refractivity contribution >= 4 is 11.6 Å². The number of aromatic nitrogens is 3. The van der Waals surface area contributed by atoms with E-state index < -0.39 is 18.7 Å². The van der Waals surface area contributed by atoms with Gasteiger partial charge in [0.15, 0.2) is 6.61 Å². The Morgan fingerprint density at radius 1 is 1.41 bits per heavy atom. The lowest BCUT2D eigenvalue weighted by atomic mass is 10.3. The van der Waals surface area contributed by atoms with Gasteiger partial charge >= 0.3 is 6.18 Å². The fraction of sp³-hybridized carbons (Fsp3) is 0.308. The topological polar surface area (TPSA) is 69.0 Å². The second-order valence-corrected chi connectivity index (χ2v) is 4.54. The van der Waals surface area contributed by atoms with Crippen molar-refractivity contribution in [2.75, 3.05) is 11.9 Å². The van der Waals surface area contributed by atoms with Crippen molar-refractivity contribution in [3.63, 3.8) is 0 Å². The molecule has 2 heterocycles. The maximum atomic E-state index is 12.0. The molecule has 0 aliphatic carbocycles. The van der Waals surface area contributed by atoms with Gasteiger partial charge in [-0.15, -0.1) is 0 Å². The van der Waals surface area contributed by atoms with Crippen molar-refractivity contribution in [2.24, 2.45) is 7.05 Å². The number of alkyl halides is 3. The van der Waals surface area contributed by atoms with E-state index >= 15 is 0 Å². The number of ether oxygens (including phenoxy) is 1. The molecule has 0 unspecified atom stereocenters. The highest BCUT2D eigenvalue weighted by Crippen LogP contribution is 2.18. The number of halogens is 3. The molecule has 2 aromatic rings. The van der Waals surface area contributed by atoms with Crippen LogP contribution >= 0.6 is 0 Å². The van der Waals surface area contributed by atoms with Gasteiger partial charge in [0.25, 0.3) is 5.91 Å². The second kappa shape index (κ2) is 6.04. The molecule has 0 radical (unpaired) electrons. The molecule has 0 saturated heterocycles. The predicted octanol–water partition coefficient (Wildman–Crippen LogP) is 2.32. The van der Waals surface area contributed by atoms with Gasteiger partial charge in [0.05, 0.1) is 17.6 Å². The standard InChI is InChI=1S/C13H13F3N4O2/c1-8-5-10(20(2)19-8)12(21)18-9-3-4-11(17-6-9)22-7-13(14,15)16/h3-6H,7H2,1-2H3,(H,18,21). The Hall–Kier alpha value is -2.58. The number of aryl methyl sites for hydroxylation is 2. The predicted molar refractivity (Wildman–Crippen MR) is 71.7 cm³/mol. The Balaban J connectivity index is 1.99. The van der Waals surface area contributed by atoms with Crippen molar-refractivity contribution in [2.45, 2.75) is 13.1 Å². The summed E-state index contributed by atoms with van der Waals surface area (Å²) in [4.78, 5) is 15.7. The number of nitrogens with one attached hydrogen (secondary N) is 1. The number of carbonyl (C=O) groups is 1. The maximum Gasteiger partial charge on any atom is 0.422 e. The van der Waals surface area contributed by atoms with Gasteiger partial charge in [0, 0.05) is 13.1 Å². The van der Waals surface area contributed by atoms with Gasteiger partial charge in [-0.2, -0.15) is 18.3 Å². The highest BCUT2D eigenvalue weighted by Gasteiger charge is 2.28. The number of amides is 1. The van der Waals surface area contributed by atoms with E-state index in [-0.39, 0.29) is 5.88 Å². The first-order chi connectivity index (χ1) is 10.2. The lowest BCUT2D eigenvalue weighted by Crippen LogP contribution is -2.19. The van der Waals surface area contributed by atoms with Gasteiger partial charge in [0.2, 0.25) is 5.88 Å². The first kappa shape index (κ1) is 15.8. The average molecular weight is 314 g/mol. The van der Waals surface area contributed by atoms with E-state index in [0.717, 1.165) is 0 Å². The number of nitrogens with zero attached hydrogens (tertiary/aromatic N) is 3. The minimum Gasteiger partial charge on any atom is -0.468 e. The summed E-state index contributed by atoms with van der Waals surface area (Å²) < 4.78 is 41.9. The third-order valence-electron chi connectivity index (χ3n) is 2.61. The molecular formula is C13H13F3N4O2. The number of hydrogen-bond donors (Lipinski definition) is 1. The number of hydrogen-bond acceptors (Lipinski definition) is 4. The molecule has 0 spiro atoms. The summed E-state index contributed by atoms with van der Waals surface area (Å²) in [5, 5.41) is 6.62. The molecule has 6 nitrogen and oxygen atoms in total. The van der Waals surface area contributed by atoms with Crippen LogP contribution in [0.15, 0.2) is 24.4 Å². The molecule has 9 heteroatoms. The first-order valence-electron chi connectivity index (χ1n) is 6.22. The summed E-state index contributed by atoms with van der Waals surface area (Å²) >= 11 is 0. The van der Waals surface area contributed by atoms with Crippen LogP contribution in [0.3, 0.4) is 0 Å². The van der Waals surface area contributed by atoms with Crippen LogP contribution in [-0.4, -0.2) is 33.5 Å². The zero-order valence-electron chi connectivity index (χ0n) is 11.8. The van der Waals surface area contributed by atoms with E-state index in [4.69, 9.17) is 0 Å². The normalized spacial score (nSPS) is 11.3. The molecular weight excluding hydrogens is 301 g/mol. The van der Waals surface area contributed by atoms with Crippen molar-refractivity contribution in [1.29, 1.82) is 0 Å². The number of anilines is 1. The summed E-state index contributed by atoms with van der Waals surface area (Å²) in [6, 6.07) is 4.26. The third-order valence-corrected chi connectivity index (χ3v) is 2.61. The smallest absolute Gasteiger partial charge is 0.422 e. The SMILES string of the molecule is Cc1cc(C(=O)Nc2ccc(OCC(F)(F)F)nc2)n(C)n1. The molecule has 1 N–H and O–H groups in total. The average Bonchev–Trinajstić information content (AvgIpc) is 2.76. The Kier molecular flexibility index (Phi) is 4.34. The fourth-order valence-electron chi connectivity index (χ4n) is 1.71. The van der Waals surface area contributed by atoms with Crippen LogP contribution in [0.2, 0.25) is 0 Å². The Morgan fingerprint density at radius 3 is 2.64 bits per heavy atom. The fourth-order valence-corrected chi connectivity index (χ4v) is 1.71. The second-order valence-electron chi connectivity index (χ2n) is 4.54. The zero-order valence-corrected chi connectivity index (χ0v) is 11.8. The highest BCUT2D eigenvalue weighted by molar-refractivity contribution is 6.03. The van der Waals surface area contributed by atoms with Crippen LogP contribution in [0, 0.1) is 6.92 Å². The van der Waals surface area contributed by atoms with Crippen LogP contribution < -0.4 is 10.1 Å². The van der Waals surface area contributed by atoms with Crippen LogP contribution in [-0.2, 0) is 7.05 Å². The van der Waals surface area contributed by atoms with Crippen LogP contribution in [0.4, 0.5) is 18.9 Å². The third kappa shape index (κ3) is 4.21. The van der Waals surface area contributed by atoms with Gasteiger partial charge in [-0.1, -0.05) is 0 Å². The quantitative estimate of drug-likeness (QED) is 0.940. The zero-order chi connectivity index (χ0) is 16.3. The van der Waals surface area contributed by atoms with Gasteiger partial charge in [0.1, 0.15) is 5.69 Å². The largest absolute Gasteiger partial charge is 0.468 e. The molecule has 0 fully saturated rings. The summed E-state index contributed by atoms with van der Waals surface area (Å²) in [6.45, 7) is 0.338. The molecule has 0 saturated carbocycles. The lowest BCUT2D eigenvalue weighted by molar-refractivity contribution is -0.154. The molecule has 1 amide bonds. The molecule has 118 valence electrons. The molecule has 0 atom stereocenters. The molecule has 0 bridgehead atoms. The van der Waals surface area contributed by atoms with Crippen LogP contribution in [0.5, 0.6) is 5.88 Å². The van der Waals surface area contributed by atoms with Crippen molar-refractivity contribution in [1.82, 2.24) is 14.8 Å². The highest BCUT2D eigenvalue weighted by atomic mass is 19.4. The molecule has 2 aromatic heterocycles. The molecule has 0 aromatic carbocycles. The molecule has 2 rings (SSSR count). The van der Waals surface area contributed by atoms with Gasteiger partial charge in [-0.05, 0) is 19.1 Å². The summed E-state index contributed by atoms with van der Waals surface area (Å²) in [5.41, 5.74) is 1.39. The van der Waals surface area contributed by atoms with E-state index in [2.05, 4.69) is 20.1 Å². The van der Waals surface area contributed by atoms with Crippen molar-refractivity contribution in [3.05, 3.63) is 35.8 Å². The minimum absolute atomic E-state index is 0.174. The maximum absolute atomic E-state index is 12.0. The van der Waals surface area contributed by atoms with E-state index in [9.17, 15) is 18.0 Å².